The number of carbonyl (C=O) groups excluding carboxylic acids is 1. The van der Waals surface area contributed by atoms with E-state index in [0.29, 0.717) is 24.3 Å². The van der Waals surface area contributed by atoms with Crippen molar-refractivity contribution in [3.05, 3.63) is 41.8 Å². The highest BCUT2D eigenvalue weighted by atomic mass is 32.2. The van der Waals surface area contributed by atoms with E-state index in [2.05, 4.69) is 32.0 Å². The summed E-state index contributed by atoms with van der Waals surface area (Å²) in [5.74, 6) is -0.760. The van der Waals surface area contributed by atoms with E-state index in [9.17, 15) is 23.1 Å². The van der Waals surface area contributed by atoms with E-state index in [1.165, 1.54) is 20.0 Å². The monoisotopic (exact) mass is 495 g/mol. The molecule has 4 rings (SSSR count). The number of alkyl halides is 3. The maximum absolute atomic E-state index is 14.1. The lowest BCUT2D eigenvalue weighted by molar-refractivity contribution is -0.00178. The van der Waals surface area contributed by atoms with Gasteiger partial charge < -0.3 is 21.1 Å². The number of pyridine rings is 1. The summed E-state index contributed by atoms with van der Waals surface area (Å²) >= 11 is 1.63. The summed E-state index contributed by atoms with van der Waals surface area (Å²) < 4.78 is 39.9. The Bertz CT molecular complexity index is 1000. The number of aromatic nitrogens is 1. The van der Waals surface area contributed by atoms with Gasteiger partial charge in [-0.2, -0.15) is 0 Å². The maximum Gasteiger partial charge on any atom is 0.255 e. The van der Waals surface area contributed by atoms with Gasteiger partial charge in [-0.3, -0.25) is 9.79 Å². The van der Waals surface area contributed by atoms with Crippen LogP contribution in [0.2, 0.25) is 0 Å². The van der Waals surface area contributed by atoms with Gasteiger partial charge in [0.1, 0.15) is 12.0 Å². The number of halogens is 3. The molecule has 2 aliphatic carbocycles. The minimum Gasteiger partial charge on any atom is -0.387 e. The van der Waals surface area contributed by atoms with E-state index in [1.54, 1.807) is 17.8 Å². The first-order valence-electron chi connectivity index (χ1n) is 11.1. The van der Waals surface area contributed by atoms with Crippen LogP contribution in [0, 0.1) is 5.92 Å². The number of carbonyl (C=O) groups is 1. The molecular formula is C23H28F3N5O2S. The minimum atomic E-state index is -2.37. The molecule has 3 atom stereocenters. The lowest BCUT2D eigenvalue weighted by Gasteiger charge is -2.36. The van der Waals surface area contributed by atoms with Crippen LogP contribution in [0.5, 0.6) is 0 Å². The number of allylic oxidation sites excluding steroid dienone is 1. The molecule has 7 nitrogen and oxygen atoms in total. The molecule has 11 heteroatoms. The molecule has 0 spiro atoms. The van der Waals surface area contributed by atoms with Gasteiger partial charge in [0.05, 0.1) is 40.2 Å². The topological polar surface area (TPSA) is 98.6 Å². The van der Waals surface area contributed by atoms with E-state index in [0.717, 1.165) is 5.70 Å². The Morgan fingerprint density at radius 1 is 1.32 bits per heavy atom. The molecule has 4 N–H and O–H groups in total. The third-order valence-corrected chi connectivity index (χ3v) is 7.10. The number of amides is 1. The highest BCUT2D eigenvalue weighted by Crippen LogP contribution is 2.36. The summed E-state index contributed by atoms with van der Waals surface area (Å²) in [6.07, 6.45) is 3.89. The predicted octanol–water partition coefficient (Wildman–Crippen LogP) is 3.75. The number of rotatable bonds is 9. The van der Waals surface area contributed by atoms with Gasteiger partial charge in [0.25, 0.3) is 5.91 Å². The molecular weight excluding hydrogens is 467 g/mol. The number of hydrogen-bond acceptors (Lipinski definition) is 7. The van der Waals surface area contributed by atoms with Gasteiger partial charge in [0.2, 0.25) is 6.43 Å². The van der Waals surface area contributed by atoms with Crippen molar-refractivity contribution in [1.29, 1.82) is 0 Å². The lowest BCUT2D eigenvalue weighted by atomic mass is 9.80. The smallest absolute Gasteiger partial charge is 0.255 e. The number of aliphatic imine (C=N–C) groups is 1. The number of thioether (sulfide) groups is 1. The average Bonchev–Trinajstić information content (AvgIpc) is 3.21. The van der Waals surface area contributed by atoms with E-state index in [4.69, 9.17) is 0 Å². The molecule has 0 radical (unpaired) electrons. The van der Waals surface area contributed by atoms with Crippen molar-refractivity contribution in [2.75, 3.05) is 17.2 Å². The highest BCUT2D eigenvalue weighted by molar-refractivity contribution is 8.13. The zero-order valence-corrected chi connectivity index (χ0v) is 19.7. The van der Waals surface area contributed by atoms with Crippen molar-refractivity contribution in [2.24, 2.45) is 10.9 Å². The number of nitrogens with one attached hydrogen (secondary N) is 3. The molecule has 0 saturated heterocycles. The van der Waals surface area contributed by atoms with Crippen LogP contribution < -0.4 is 16.0 Å². The zero-order valence-electron chi connectivity index (χ0n) is 18.8. The zero-order chi connectivity index (χ0) is 24.5. The molecule has 0 bridgehead atoms. The molecule has 2 heterocycles. The summed E-state index contributed by atoms with van der Waals surface area (Å²) in [4.78, 5) is 21.5. The van der Waals surface area contributed by atoms with E-state index in [1.807, 2.05) is 17.7 Å². The lowest BCUT2D eigenvalue weighted by Crippen LogP contribution is -2.42. The molecule has 3 aliphatic rings. The fourth-order valence-corrected chi connectivity index (χ4v) is 4.76. The third kappa shape index (κ3) is 5.75. The predicted molar refractivity (Wildman–Crippen MR) is 128 cm³/mol. The van der Waals surface area contributed by atoms with Gasteiger partial charge in [-0.1, -0.05) is 6.08 Å². The van der Waals surface area contributed by atoms with Gasteiger partial charge in [0.15, 0.2) is 0 Å². The first kappa shape index (κ1) is 24.6. The molecule has 184 valence electrons. The number of fused-ring (bicyclic) bond motifs is 1. The van der Waals surface area contributed by atoms with Gasteiger partial charge in [-0.25, -0.2) is 18.2 Å². The van der Waals surface area contributed by atoms with Crippen molar-refractivity contribution < 1.29 is 23.1 Å². The van der Waals surface area contributed by atoms with Crippen LogP contribution >= 0.6 is 11.8 Å². The molecule has 1 aliphatic heterocycles. The van der Waals surface area contributed by atoms with Gasteiger partial charge in [-0.15, -0.1) is 11.8 Å². The maximum atomic E-state index is 14.1. The van der Waals surface area contributed by atoms with Crippen molar-refractivity contribution >= 4 is 34.7 Å². The Hall–Kier alpha value is -2.53. The van der Waals surface area contributed by atoms with Crippen molar-refractivity contribution in [1.82, 2.24) is 10.3 Å². The van der Waals surface area contributed by atoms with Crippen LogP contribution in [-0.2, 0) is 0 Å². The fourth-order valence-electron chi connectivity index (χ4n) is 3.86. The Labute approximate surface area is 200 Å². The van der Waals surface area contributed by atoms with E-state index >= 15 is 0 Å². The molecule has 1 saturated carbocycles. The van der Waals surface area contributed by atoms with Gasteiger partial charge in [-0.05, 0) is 38.8 Å². The van der Waals surface area contributed by atoms with E-state index < -0.39 is 30.0 Å². The van der Waals surface area contributed by atoms with Crippen molar-refractivity contribution in [3.63, 3.8) is 0 Å². The first-order chi connectivity index (χ1) is 16.1. The van der Waals surface area contributed by atoms with Gasteiger partial charge in [0, 0.05) is 29.9 Å². The summed E-state index contributed by atoms with van der Waals surface area (Å²) in [6.45, 7) is 2.27. The Kier molecular flexibility index (Phi) is 7.22. The molecule has 1 fully saturated rings. The Morgan fingerprint density at radius 3 is 2.79 bits per heavy atom. The Morgan fingerprint density at radius 2 is 2.09 bits per heavy atom. The number of hydrogen-bond donors (Lipinski definition) is 4. The molecule has 1 aromatic heterocycles. The molecule has 1 amide bonds. The molecule has 2 unspecified atom stereocenters. The van der Waals surface area contributed by atoms with Crippen LogP contribution in [0.25, 0.3) is 0 Å². The SMILES string of the molecule is CC(C)(O)[C@H](F)CNC(=O)c1cnc(NC2=CC3SC=NC3C=C2)cc1NC1CC(C(F)F)C1. The highest BCUT2D eigenvalue weighted by Gasteiger charge is 2.36. The normalized spacial score (nSPS) is 26.5. The quantitative estimate of drug-likeness (QED) is 0.417. The fraction of sp³-hybridized carbons (Fsp3) is 0.522. The van der Waals surface area contributed by atoms with Crippen LogP contribution in [0.4, 0.5) is 24.7 Å². The molecule has 34 heavy (non-hydrogen) atoms. The number of aliphatic hydroxyl groups is 1. The second-order valence-corrected chi connectivity index (χ2v) is 10.3. The largest absolute Gasteiger partial charge is 0.387 e. The van der Waals surface area contributed by atoms with Crippen molar-refractivity contribution in [2.45, 2.75) is 62.2 Å². The van der Waals surface area contributed by atoms with Crippen LogP contribution in [0.1, 0.15) is 37.0 Å². The standard InChI is InChI=1S/C23H28F3N5O2S/c1-23(2,33)19(24)10-28-22(32)15-9-27-20(8-17(15)30-14-5-12(6-14)21(25)26)31-13-3-4-16-18(7-13)34-11-29-16/h3-4,7-9,11-12,14,16,18-19,21,33H,5-6,10H2,1-2H3,(H,28,32)(H2,27,30,31)/t12?,14?,16?,18?,19-/m1/s1. The van der Waals surface area contributed by atoms with Gasteiger partial charge >= 0.3 is 0 Å². The average molecular weight is 496 g/mol. The summed E-state index contributed by atoms with van der Waals surface area (Å²) in [5.41, 5.74) is 1.66. The second-order valence-electron chi connectivity index (χ2n) is 9.31. The van der Waals surface area contributed by atoms with Crippen LogP contribution in [0.3, 0.4) is 0 Å². The second kappa shape index (κ2) is 9.99. The molecule has 0 aromatic carbocycles. The van der Waals surface area contributed by atoms with Crippen LogP contribution in [-0.4, -0.2) is 63.6 Å². The van der Waals surface area contributed by atoms with E-state index in [-0.39, 0.29) is 29.4 Å². The summed E-state index contributed by atoms with van der Waals surface area (Å²) in [7, 11) is 0. The summed E-state index contributed by atoms with van der Waals surface area (Å²) in [6, 6.07) is 1.57. The van der Waals surface area contributed by atoms with Crippen molar-refractivity contribution in [3.8, 4) is 0 Å². The minimum absolute atomic E-state index is 0.122. The molecule has 1 aromatic rings. The Balaban J connectivity index is 1.48. The van der Waals surface area contributed by atoms with Crippen LogP contribution in [0.15, 0.2) is 41.2 Å². The third-order valence-electron chi connectivity index (χ3n) is 6.12. The summed E-state index contributed by atoms with van der Waals surface area (Å²) in [5, 5.41) is 18.8. The first-order valence-corrected chi connectivity index (χ1v) is 12.1. The number of nitrogens with zero attached hydrogens (tertiary/aromatic N) is 2. The number of anilines is 2.